The number of furan rings is 1. The van der Waals surface area contributed by atoms with Crippen LogP contribution in [0.4, 0.5) is 13.2 Å². The molecule has 2 atom stereocenters. The molecule has 0 saturated heterocycles. The molecule has 0 saturated carbocycles. The molecule has 2 rings (SSSR count). The molecular formula is C15H16F3NO2. The summed E-state index contributed by atoms with van der Waals surface area (Å²) in [5.74, 6) is 1.56. The topological polar surface area (TPSA) is 48.4 Å². The highest BCUT2D eigenvalue weighted by Crippen LogP contribution is 2.32. The van der Waals surface area contributed by atoms with Crippen LogP contribution in [0.2, 0.25) is 0 Å². The molecule has 6 heteroatoms. The molecular weight excluding hydrogens is 283 g/mol. The van der Waals surface area contributed by atoms with E-state index >= 15 is 0 Å². The van der Waals surface area contributed by atoms with Crippen molar-refractivity contribution in [1.82, 2.24) is 0 Å². The number of rotatable bonds is 4. The molecule has 0 radical (unpaired) electrons. The molecule has 2 aromatic rings. The summed E-state index contributed by atoms with van der Waals surface area (Å²) in [4.78, 5) is 0. The predicted octanol–water partition coefficient (Wildman–Crippen LogP) is 4.07. The van der Waals surface area contributed by atoms with Crippen molar-refractivity contribution in [1.29, 1.82) is 0 Å². The Balaban J connectivity index is 2.18. The molecule has 0 fully saturated rings. The molecule has 0 bridgehead atoms. The minimum Gasteiger partial charge on any atom is -0.481 e. The Kier molecular flexibility index (Phi) is 4.27. The summed E-state index contributed by atoms with van der Waals surface area (Å²) in [5, 5.41) is 0. The van der Waals surface area contributed by atoms with E-state index in [1.807, 2.05) is 0 Å². The molecule has 0 aliphatic heterocycles. The maximum Gasteiger partial charge on any atom is 0.416 e. The van der Waals surface area contributed by atoms with Crippen molar-refractivity contribution < 1.29 is 22.3 Å². The molecule has 2 N–H and O–H groups in total. The number of hydrogen-bond donors (Lipinski definition) is 1. The van der Waals surface area contributed by atoms with E-state index in [0.717, 1.165) is 12.1 Å². The van der Waals surface area contributed by atoms with Crippen molar-refractivity contribution in [2.24, 2.45) is 5.73 Å². The van der Waals surface area contributed by atoms with Crippen LogP contribution in [0.3, 0.4) is 0 Å². The van der Waals surface area contributed by atoms with E-state index in [1.54, 1.807) is 26.0 Å². The monoisotopic (exact) mass is 299 g/mol. The summed E-state index contributed by atoms with van der Waals surface area (Å²) in [7, 11) is 0. The van der Waals surface area contributed by atoms with E-state index in [-0.39, 0.29) is 6.04 Å². The van der Waals surface area contributed by atoms with Crippen LogP contribution in [0, 0.1) is 6.92 Å². The van der Waals surface area contributed by atoms with Gasteiger partial charge in [0, 0.05) is 6.04 Å². The van der Waals surface area contributed by atoms with Gasteiger partial charge >= 0.3 is 6.18 Å². The Bertz CT molecular complexity index is 588. The number of ether oxygens (including phenoxy) is 1. The summed E-state index contributed by atoms with van der Waals surface area (Å²) in [6, 6.07) is 7.64. The Morgan fingerprint density at radius 3 is 2.14 bits per heavy atom. The van der Waals surface area contributed by atoms with Gasteiger partial charge < -0.3 is 14.9 Å². The lowest BCUT2D eigenvalue weighted by Gasteiger charge is -2.20. The average molecular weight is 299 g/mol. The van der Waals surface area contributed by atoms with E-state index in [4.69, 9.17) is 14.9 Å². The van der Waals surface area contributed by atoms with Gasteiger partial charge in [0.25, 0.3) is 0 Å². The largest absolute Gasteiger partial charge is 0.481 e. The number of aryl methyl sites for hydroxylation is 1. The minimum atomic E-state index is -4.36. The third kappa shape index (κ3) is 3.78. The van der Waals surface area contributed by atoms with Crippen LogP contribution in [0.15, 0.2) is 40.8 Å². The van der Waals surface area contributed by atoms with Crippen LogP contribution in [0.5, 0.6) is 5.75 Å². The van der Waals surface area contributed by atoms with Gasteiger partial charge in [-0.3, -0.25) is 0 Å². The quantitative estimate of drug-likeness (QED) is 0.925. The minimum absolute atomic E-state index is 0.305. The second kappa shape index (κ2) is 5.81. The van der Waals surface area contributed by atoms with Crippen LogP contribution in [0.1, 0.15) is 30.1 Å². The second-order valence-corrected chi connectivity index (χ2v) is 4.87. The molecule has 3 nitrogen and oxygen atoms in total. The van der Waals surface area contributed by atoms with Crippen molar-refractivity contribution in [2.75, 3.05) is 0 Å². The van der Waals surface area contributed by atoms with Gasteiger partial charge in [-0.15, -0.1) is 0 Å². The number of alkyl halides is 3. The van der Waals surface area contributed by atoms with Crippen molar-refractivity contribution in [3.63, 3.8) is 0 Å². The first kappa shape index (κ1) is 15.4. The first-order chi connectivity index (χ1) is 9.77. The molecule has 1 heterocycles. The number of halogens is 3. The Morgan fingerprint density at radius 1 is 1.10 bits per heavy atom. The van der Waals surface area contributed by atoms with Crippen LogP contribution >= 0.6 is 0 Å². The summed E-state index contributed by atoms with van der Waals surface area (Å²) < 4.78 is 48.6. The van der Waals surface area contributed by atoms with E-state index in [1.165, 1.54) is 12.1 Å². The van der Waals surface area contributed by atoms with E-state index in [2.05, 4.69) is 0 Å². The molecule has 1 aromatic carbocycles. The second-order valence-electron chi connectivity index (χ2n) is 4.87. The van der Waals surface area contributed by atoms with E-state index in [0.29, 0.717) is 17.3 Å². The standard InChI is InChI=1S/C15H16F3NO2/c1-9-3-8-13(20-9)14(10(2)19)21-12-6-4-11(5-7-12)15(16,17)18/h3-8,10,14H,19H2,1-2H3. The summed E-state index contributed by atoms with van der Waals surface area (Å²) in [5.41, 5.74) is 5.14. The molecule has 21 heavy (non-hydrogen) atoms. The van der Waals surface area contributed by atoms with Crippen molar-refractivity contribution >= 4 is 0 Å². The molecule has 0 spiro atoms. The van der Waals surface area contributed by atoms with Crippen LogP contribution < -0.4 is 10.5 Å². The highest BCUT2D eigenvalue weighted by molar-refractivity contribution is 5.29. The molecule has 0 aliphatic carbocycles. The lowest BCUT2D eigenvalue weighted by atomic mass is 10.1. The maximum absolute atomic E-state index is 12.5. The van der Waals surface area contributed by atoms with E-state index < -0.39 is 17.8 Å². The fourth-order valence-corrected chi connectivity index (χ4v) is 1.90. The summed E-state index contributed by atoms with van der Waals surface area (Å²) in [6.07, 6.45) is -4.92. The molecule has 114 valence electrons. The Hall–Kier alpha value is -1.95. The Labute approximate surface area is 120 Å². The van der Waals surface area contributed by atoms with Gasteiger partial charge in [0.05, 0.1) is 5.56 Å². The Morgan fingerprint density at radius 2 is 1.71 bits per heavy atom. The first-order valence-corrected chi connectivity index (χ1v) is 6.43. The lowest BCUT2D eigenvalue weighted by molar-refractivity contribution is -0.137. The van der Waals surface area contributed by atoms with Gasteiger partial charge in [-0.05, 0) is 50.2 Å². The zero-order valence-electron chi connectivity index (χ0n) is 11.6. The number of hydrogen-bond acceptors (Lipinski definition) is 3. The van der Waals surface area contributed by atoms with Gasteiger partial charge in [0.15, 0.2) is 6.10 Å². The molecule has 1 aromatic heterocycles. The van der Waals surface area contributed by atoms with E-state index in [9.17, 15) is 13.2 Å². The zero-order valence-corrected chi connectivity index (χ0v) is 11.6. The average Bonchev–Trinajstić information content (AvgIpc) is 2.81. The predicted molar refractivity (Wildman–Crippen MR) is 71.9 cm³/mol. The maximum atomic E-state index is 12.5. The fourth-order valence-electron chi connectivity index (χ4n) is 1.90. The lowest BCUT2D eigenvalue weighted by Crippen LogP contribution is -2.28. The fraction of sp³-hybridized carbons (Fsp3) is 0.333. The highest BCUT2D eigenvalue weighted by Gasteiger charge is 2.30. The third-order valence-electron chi connectivity index (χ3n) is 2.96. The third-order valence-corrected chi connectivity index (χ3v) is 2.96. The van der Waals surface area contributed by atoms with Crippen LogP contribution in [-0.4, -0.2) is 6.04 Å². The molecule has 0 amide bonds. The molecule has 2 unspecified atom stereocenters. The van der Waals surface area contributed by atoms with Gasteiger partial charge in [0.2, 0.25) is 0 Å². The zero-order chi connectivity index (χ0) is 15.6. The SMILES string of the molecule is Cc1ccc(C(Oc2ccc(C(F)(F)F)cc2)C(C)N)o1. The van der Waals surface area contributed by atoms with Crippen LogP contribution in [0.25, 0.3) is 0 Å². The first-order valence-electron chi connectivity index (χ1n) is 6.43. The normalized spacial score (nSPS) is 14.8. The summed E-state index contributed by atoms with van der Waals surface area (Å²) in [6.45, 7) is 3.53. The summed E-state index contributed by atoms with van der Waals surface area (Å²) >= 11 is 0. The van der Waals surface area contributed by atoms with Crippen molar-refractivity contribution in [3.05, 3.63) is 53.5 Å². The van der Waals surface area contributed by atoms with Gasteiger partial charge in [-0.2, -0.15) is 13.2 Å². The van der Waals surface area contributed by atoms with Crippen molar-refractivity contribution in [3.8, 4) is 5.75 Å². The number of benzene rings is 1. The smallest absolute Gasteiger partial charge is 0.416 e. The molecule has 0 aliphatic rings. The van der Waals surface area contributed by atoms with Gasteiger partial charge in [-0.25, -0.2) is 0 Å². The van der Waals surface area contributed by atoms with Gasteiger partial charge in [-0.1, -0.05) is 0 Å². The highest BCUT2D eigenvalue weighted by atomic mass is 19.4. The van der Waals surface area contributed by atoms with Crippen LogP contribution in [-0.2, 0) is 6.18 Å². The number of nitrogens with two attached hydrogens (primary N) is 1. The van der Waals surface area contributed by atoms with Crippen molar-refractivity contribution in [2.45, 2.75) is 32.2 Å². The van der Waals surface area contributed by atoms with Gasteiger partial charge in [0.1, 0.15) is 17.3 Å².